The van der Waals surface area contributed by atoms with Crippen LogP contribution >= 0.6 is 35.3 Å². The highest BCUT2D eigenvalue weighted by Crippen LogP contribution is 2.32. The zero-order chi connectivity index (χ0) is 25.2. The van der Waals surface area contributed by atoms with Crippen molar-refractivity contribution in [3.63, 3.8) is 0 Å². The lowest BCUT2D eigenvalue weighted by Crippen LogP contribution is -2.21. The second kappa shape index (κ2) is 10.1. The number of nitro groups is 1. The lowest BCUT2D eigenvalue weighted by Gasteiger charge is -2.14. The number of hydrogen-bond acceptors (Lipinski definition) is 8. The lowest BCUT2D eigenvalue weighted by molar-refractivity contribution is -0.384. The molecule has 8 nitrogen and oxygen atoms in total. The van der Waals surface area contributed by atoms with Gasteiger partial charge in [-0.05, 0) is 42.0 Å². The minimum absolute atomic E-state index is 0.0135. The second-order valence-corrected chi connectivity index (χ2v) is 10.2. The van der Waals surface area contributed by atoms with Gasteiger partial charge in [0, 0.05) is 17.9 Å². The third-order valence-electron chi connectivity index (χ3n) is 5.41. The summed E-state index contributed by atoms with van der Waals surface area (Å²) in [7, 11) is 1.58. The topological polar surface area (TPSA) is 92.2 Å². The smallest absolute Gasteiger partial charge is 0.278 e. The fourth-order valence-electron chi connectivity index (χ4n) is 3.77. The summed E-state index contributed by atoms with van der Waals surface area (Å²) in [6, 6.07) is 23.1. The van der Waals surface area contributed by atoms with E-state index in [0.717, 1.165) is 5.56 Å². The molecule has 0 amide bonds. The van der Waals surface area contributed by atoms with Crippen LogP contribution in [0.5, 0.6) is 5.75 Å². The van der Waals surface area contributed by atoms with Crippen molar-refractivity contribution in [1.29, 1.82) is 0 Å². The minimum atomic E-state index is -0.426. The number of fused-ring (bicyclic) bond motifs is 1. The molecule has 0 bridgehead atoms. The lowest BCUT2D eigenvalue weighted by atomic mass is 10.2. The number of benzene rings is 3. The third-order valence-corrected chi connectivity index (χ3v) is 7.77. The molecular formula is C25H18N4O4S3. The van der Waals surface area contributed by atoms with Gasteiger partial charge in [-0.2, -0.15) is 0 Å². The summed E-state index contributed by atoms with van der Waals surface area (Å²) in [4.78, 5) is 29.5. The first-order valence-electron chi connectivity index (χ1n) is 10.7. The standard InChI is InChI=1S/C25H18N4O4S3/c1-33-20-13-6-5-12-19(20)28-22-21(36-25(28)34)23(30)27(17-9-3-2-4-10-17)24(26-22)35-15-16-8-7-11-18(14-16)29(31)32/h2-14H,15H2,1H3. The molecule has 2 aromatic heterocycles. The Balaban J connectivity index is 1.70. The maximum atomic E-state index is 13.8. The van der Waals surface area contributed by atoms with Gasteiger partial charge in [-0.25, -0.2) is 4.98 Å². The molecule has 0 fully saturated rings. The van der Waals surface area contributed by atoms with Crippen LogP contribution in [-0.2, 0) is 5.75 Å². The van der Waals surface area contributed by atoms with Crippen LogP contribution in [-0.4, -0.2) is 26.2 Å². The largest absolute Gasteiger partial charge is 0.495 e. The van der Waals surface area contributed by atoms with Crippen LogP contribution in [0.1, 0.15) is 5.56 Å². The zero-order valence-electron chi connectivity index (χ0n) is 18.9. The van der Waals surface area contributed by atoms with E-state index >= 15 is 0 Å². The first-order valence-corrected chi connectivity index (χ1v) is 12.9. The molecule has 11 heteroatoms. The molecule has 0 N–H and O–H groups in total. The Kier molecular flexibility index (Phi) is 6.68. The molecule has 3 aromatic carbocycles. The average molecular weight is 535 g/mol. The average Bonchev–Trinajstić information content (AvgIpc) is 3.24. The SMILES string of the molecule is COc1ccccc1-n1c(=S)sc2c(=O)n(-c3ccccc3)c(SCc3cccc([N+](=O)[O-])c3)nc21. The van der Waals surface area contributed by atoms with Crippen molar-refractivity contribution in [2.45, 2.75) is 10.9 Å². The molecule has 0 radical (unpaired) electrons. The van der Waals surface area contributed by atoms with Gasteiger partial charge in [0.25, 0.3) is 11.2 Å². The molecular weight excluding hydrogens is 517 g/mol. The summed E-state index contributed by atoms with van der Waals surface area (Å²) in [5.41, 5.74) is 2.32. The number of hydrogen-bond donors (Lipinski definition) is 0. The maximum absolute atomic E-state index is 13.8. The summed E-state index contributed by atoms with van der Waals surface area (Å²) in [5.74, 6) is 0.986. The van der Waals surface area contributed by atoms with Gasteiger partial charge in [0.15, 0.2) is 14.8 Å². The number of non-ortho nitro benzene ring substituents is 1. The van der Waals surface area contributed by atoms with Gasteiger partial charge in [0.2, 0.25) is 0 Å². The van der Waals surface area contributed by atoms with Crippen molar-refractivity contribution in [3.05, 3.63) is 109 Å². The number of nitro benzene ring substituents is 1. The molecule has 0 saturated carbocycles. The monoisotopic (exact) mass is 534 g/mol. The molecule has 0 aliphatic rings. The highest BCUT2D eigenvalue weighted by atomic mass is 32.2. The van der Waals surface area contributed by atoms with Crippen LogP contribution < -0.4 is 10.3 Å². The quantitative estimate of drug-likeness (QED) is 0.0810. The van der Waals surface area contributed by atoms with E-state index in [-0.39, 0.29) is 11.2 Å². The van der Waals surface area contributed by atoms with Crippen LogP contribution in [0.4, 0.5) is 5.69 Å². The Morgan fingerprint density at radius 2 is 1.81 bits per heavy atom. The van der Waals surface area contributed by atoms with Gasteiger partial charge in [0.05, 0.1) is 23.4 Å². The predicted molar refractivity (Wildman–Crippen MR) is 145 cm³/mol. The Morgan fingerprint density at radius 1 is 1.06 bits per heavy atom. The maximum Gasteiger partial charge on any atom is 0.278 e. The van der Waals surface area contributed by atoms with Crippen LogP contribution in [0.15, 0.2) is 88.8 Å². The second-order valence-electron chi connectivity index (χ2n) is 7.61. The fraction of sp³-hybridized carbons (Fsp3) is 0.0800. The van der Waals surface area contributed by atoms with E-state index in [2.05, 4.69) is 0 Å². The molecule has 0 saturated heterocycles. The van der Waals surface area contributed by atoms with E-state index in [1.165, 1.54) is 35.2 Å². The number of nitrogens with zero attached hydrogens (tertiary/aromatic N) is 4. The van der Waals surface area contributed by atoms with Crippen molar-refractivity contribution in [2.24, 2.45) is 0 Å². The van der Waals surface area contributed by atoms with E-state index in [0.29, 0.717) is 42.3 Å². The number of methoxy groups -OCH3 is 1. The van der Waals surface area contributed by atoms with Crippen molar-refractivity contribution < 1.29 is 9.66 Å². The van der Waals surface area contributed by atoms with Gasteiger partial charge in [-0.3, -0.25) is 24.0 Å². The van der Waals surface area contributed by atoms with Crippen LogP contribution in [0, 0.1) is 14.1 Å². The predicted octanol–water partition coefficient (Wildman–Crippen LogP) is 6.18. The van der Waals surface area contributed by atoms with E-state index < -0.39 is 4.92 Å². The van der Waals surface area contributed by atoms with Gasteiger partial charge >= 0.3 is 0 Å². The van der Waals surface area contributed by atoms with Gasteiger partial charge in [0.1, 0.15) is 10.4 Å². The van der Waals surface area contributed by atoms with Crippen molar-refractivity contribution >= 4 is 51.4 Å². The normalized spacial score (nSPS) is 11.0. The number of para-hydroxylation sites is 3. The number of aromatic nitrogens is 3. The molecule has 36 heavy (non-hydrogen) atoms. The Labute approximate surface area is 218 Å². The summed E-state index contributed by atoms with van der Waals surface area (Å²) in [6.45, 7) is 0. The number of rotatable bonds is 7. The Hall–Kier alpha value is -3.80. The van der Waals surface area contributed by atoms with Crippen molar-refractivity contribution in [1.82, 2.24) is 14.1 Å². The fourth-order valence-corrected chi connectivity index (χ4v) is 6.01. The molecule has 0 spiro atoms. The zero-order valence-corrected chi connectivity index (χ0v) is 21.3. The minimum Gasteiger partial charge on any atom is -0.495 e. The van der Waals surface area contributed by atoms with E-state index in [1.807, 2.05) is 60.7 Å². The van der Waals surface area contributed by atoms with E-state index in [1.54, 1.807) is 22.3 Å². The molecule has 5 rings (SSSR count). The number of ether oxygens (including phenoxy) is 1. The highest BCUT2D eigenvalue weighted by molar-refractivity contribution is 7.98. The molecule has 0 unspecified atom stereocenters. The molecule has 0 aliphatic heterocycles. The third kappa shape index (κ3) is 4.43. The number of thiazole rings is 1. The summed E-state index contributed by atoms with van der Waals surface area (Å²) in [6.07, 6.45) is 0. The molecule has 180 valence electrons. The van der Waals surface area contributed by atoms with Gasteiger partial charge in [-0.15, -0.1) is 0 Å². The van der Waals surface area contributed by atoms with E-state index in [9.17, 15) is 14.9 Å². The number of thioether (sulfide) groups is 1. The molecule has 0 aliphatic carbocycles. The van der Waals surface area contributed by atoms with Crippen molar-refractivity contribution in [3.8, 4) is 17.1 Å². The van der Waals surface area contributed by atoms with Gasteiger partial charge < -0.3 is 4.74 Å². The first-order chi connectivity index (χ1) is 17.5. The van der Waals surface area contributed by atoms with Crippen LogP contribution in [0.2, 0.25) is 0 Å². The summed E-state index contributed by atoms with van der Waals surface area (Å²) in [5, 5.41) is 11.6. The van der Waals surface area contributed by atoms with Gasteiger partial charge in [-0.1, -0.05) is 65.6 Å². The summed E-state index contributed by atoms with van der Waals surface area (Å²) >= 11 is 8.17. The Bertz CT molecular complexity index is 1710. The molecule has 2 heterocycles. The first kappa shape index (κ1) is 23.9. The van der Waals surface area contributed by atoms with E-state index in [4.69, 9.17) is 21.9 Å². The molecule has 0 atom stereocenters. The van der Waals surface area contributed by atoms with Crippen LogP contribution in [0.25, 0.3) is 21.7 Å². The highest BCUT2D eigenvalue weighted by Gasteiger charge is 2.20. The van der Waals surface area contributed by atoms with Crippen molar-refractivity contribution in [2.75, 3.05) is 7.11 Å². The summed E-state index contributed by atoms with van der Waals surface area (Å²) < 4.78 is 9.74. The van der Waals surface area contributed by atoms with Crippen LogP contribution in [0.3, 0.4) is 0 Å². The Morgan fingerprint density at radius 3 is 2.56 bits per heavy atom. The molecule has 5 aromatic rings.